The van der Waals surface area contributed by atoms with Crippen molar-refractivity contribution in [1.82, 2.24) is 20.4 Å². The minimum atomic E-state index is 0.0211. The molecule has 2 heterocycles. The third-order valence-corrected chi connectivity index (χ3v) is 4.40. The van der Waals surface area contributed by atoms with Crippen LogP contribution in [0.4, 0.5) is 0 Å². The van der Waals surface area contributed by atoms with Crippen molar-refractivity contribution in [3.8, 4) is 5.75 Å². The Labute approximate surface area is 147 Å². The van der Waals surface area contributed by atoms with Crippen molar-refractivity contribution >= 4 is 5.91 Å². The Morgan fingerprint density at radius 1 is 1.48 bits per heavy atom. The van der Waals surface area contributed by atoms with Crippen LogP contribution < -0.4 is 10.1 Å². The molecule has 1 aromatic carbocycles. The number of amides is 1. The van der Waals surface area contributed by atoms with E-state index in [-0.39, 0.29) is 11.8 Å². The zero-order valence-electron chi connectivity index (χ0n) is 14.7. The molecule has 2 aromatic rings. The third-order valence-electron chi connectivity index (χ3n) is 4.40. The number of rotatable bonds is 6. The van der Waals surface area contributed by atoms with E-state index in [1.54, 1.807) is 14.0 Å². The Bertz CT molecular complexity index is 716. The number of carbonyl (C=O) groups is 1. The zero-order chi connectivity index (χ0) is 17.6. The molecule has 1 atom stereocenters. The van der Waals surface area contributed by atoms with E-state index in [1.807, 2.05) is 24.3 Å². The number of piperidine rings is 1. The minimum absolute atomic E-state index is 0.0211. The maximum atomic E-state index is 12.3. The summed E-state index contributed by atoms with van der Waals surface area (Å²) in [6, 6.07) is 7.70. The number of ether oxygens (including phenoxy) is 1. The average Bonchev–Trinajstić information content (AvgIpc) is 3.07. The van der Waals surface area contributed by atoms with E-state index < -0.39 is 0 Å². The fraction of sp³-hybridized carbons (Fsp3) is 0.500. The van der Waals surface area contributed by atoms with Crippen LogP contribution in [0, 0.1) is 6.92 Å². The summed E-state index contributed by atoms with van der Waals surface area (Å²) < 4.78 is 10.3. The van der Waals surface area contributed by atoms with Crippen LogP contribution in [0.2, 0.25) is 0 Å². The molecule has 0 aliphatic carbocycles. The van der Waals surface area contributed by atoms with E-state index in [2.05, 4.69) is 20.4 Å². The van der Waals surface area contributed by atoms with Gasteiger partial charge in [0.1, 0.15) is 5.75 Å². The third kappa shape index (κ3) is 4.79. The van der Waals surface area contributed by atoms with Crippen LogP contribution in [0.1, 0.15) is 36.0 Å². The van der Waals surface area contributed by atoms with Gasteiger partial charge in [-0.15, -0.1) is 0 Å². The van der Waals surface area contributed by atoms with Gasteiger partial charge in [-0.25, -0.2) is 0 Å². The van der Waals surface area contributed by atoms with Crippen LogP contribution >= 0.6 is 0 Å². The first-order valence-corrected chi connectivity index (χ1v) is 8.56. The van der Waals surface area contributed by atoms with Gasteiger partial charge in [-0.3, -0.25) is 9.69 Å². The molecule has 134 valence electrons. The van der Waals surface area contributed by atoms with Gasteiger partial charge < -0.3 is 14.6 Å². The number of hydrogen-bond donors (Lipinski definition) is 1. The lowest BCUT2D eigenvalue weighted by atomic mass is 9.97. The first-order chi connectivity index (χ1) is 12.1. The van der Waals surface area contributed by atoms with E-state index in [4.69, 9.17) is 9.26 Å². The second kappa shape index (κ2) is 8.11. The first kappa shape index (κ1) is 17.4. The highest BCUT2D eigenvalue weighted by Crippen LogP contribution is 2.24. The molecule has 1 saturated heterocycles. The normalized spacial score (nSPS) is 18.1. The molecule has 1 amide bonds. The molecule has 25 heavy (non-hydrogen) atoms. The molecule has 1 aromatic heterocycles. The van der Waals surface area contributed by atoms with Crippen LogP contribution in [0.15, 0.2) is 28.8 Å². The van der Waals surface area contributed by atoms with E-state index in [9.17, 15) is 4.79 Å². The largest absolute Gasteiger partial charge is 0.497 e. The number of carbonyl (C=O) groups excluding carboxylic acids is 1. The SMILES string of the molecule is COc1cccc(CNC(=O)CN2CCC[C@@H](c3noc(C)n3)C2)c1. The van der Waals surface area contributed by atoms with Crippen molar-refractivity contribution in [1.29, 1.82) is 0 Å². The van der Waals surface area contributed by atoms with E-state index in [0.717, 1.165) is 43.1 Å². The zero-order valence-corrected chi connectivity index (χ0v) is 14.7. The molecule has 7 nitrogen and oxygen atoms in total. The number of benzene rings is 1. The second-order valence-electron chi connectivity index (χ2n) is 6.37. The van der Waals surface area contributed by atoms with Crippen LogP contribution in [0.5, 0.6) is 5.75 Å². The molecule has 0 saturated carbocycles. The fourth-order valence-electron chi connectivity index (χ4n) is 3.13. The molecule has 1 aliphatic rings. The van der Waals surface area contributed by atoms with Gasteiger partial charge >= 0.3 is 0 Å². The summed E-state index contributed by atoms with van der Waals surface area (Å²) >= 11 is 0. The van der Waals surface area contributed by atoms with Crippen molar-refractivity contribution in [3.05, 3.63) is 41.5 Å². The smallest absolute Gasteiger partial charge is 0.234 e. The van der Waals surface area contributed by atoms with Crippen LogP contribution in [-0.4, -0.2) is 47.7 Å². The Kier molecular flexibility index (Phi) is 5.65. The number of aryl methyl sites for hydroxylation is 1. The summed E-state index contributed by atoms with van der Waals surface area (Å²) in [5, 5.41) is 6.99. The summed E-state index contributed by atoms with van der Waals surface area (Å²) in [6.07, 6.45) is 2.06. The fourth-order valence-corrected chi connectivity index (χ4v) is 3.13. The summed E-state index contributed by atoms with van der Waals surface area (Å²) in [7, 11) is 1.63. The number of nitrogens with zero attached hydrogens (tertiary/aromatic N) is 3. The lowest BCUT2D eigenvalue weighted by Gasteiger charge is -2.30. The molecule has 3 rings (SSSR count). The van der Waals surface area contributed by atoms with Gasteiger partial charge in [0.2, 0.25) is 11.8 Å². The highest BCUT2D eigenvalue weighted by atomic mass is 16.5. The van der Waals surface area contributed by atoms with Crippen LogP contribution in [0.3, 0.4) is 0 Å². The molecule has 0 radical (unpaired) electrons. The summed E-state index contributed by atoms with van der Waals surface area (Å²) in [5.74, 6) is 2.38. The van der Waals surface area contributed by atoms with E-state index >= 15 is 0 Å². The summed E-state index contributed by atoms with van der Waals surface area (Å²) in [4.78, 5) is 18.7. The Morgan fingerprint density at radius 3 is 3.12 bits per heavy atom. The maximum absolute atomic E-state index is 12.3. The van der Waals surface area contributed by atoms with Crippen molar-refractivity contribution in [2.24, 2.45) is 0 Å². The van der Waals surface area contributed by atoms with Crippen molar-refractivity contribution in [2.45, 2.75) is 32.2 Å². The average molecular weight is 344 g/mol. The molecular formula is C18H24N4O3. The highest BCUT2D eigenvalue weighted by Gasteiger charge is 2.26. The number of likely N-dealkylation sites (tertiary alicyclic amines) is 1. The van der Waals surface area contributed by atoms with Crippen LogP contribution in [0.25, 0.3) is 0 Å². The lowest BCUT2D eigenvalue weighted by Crippen LogP contribution is -2.42. The minimum Gasteiger partial charge on any atom is -0.497 e. The Hall–Kier alpha value is -2.41. The monoisotopic (exact) mass is 344 g/mol. The van der Waals surface area contributed by atoms with E-state index in [0.29, 0.717) is 19.0 Å². The van der Waals surface area contributed by atoms with Gasteiger partial charge in [0.25, 0.3) is 0 Å². The highest BCUT2D eigenvalue weighted by molar-refractivity contribution is 5.78. The standard InChI is InChI=1S/C18H24N4O3/c1-13-20-18(21-25-13)15-6-4-8-22(11-15)12-17(23)19-10-14-5-3-7-16(9-14)24-2/h3,5,7,9,15H,4,6,8,10-12H2,1-2H3,(H,19,23)/t15-/m1/s1. The first-order valence-electron chi connectivity index (χ1n) is 8.56. The quantitative estimate of drug-likeness (QED) is 0.862. The molecule has 0 unspecified atom stereocenters. The summed E-state index contributed by atoms with van der Waals surface area (Å²) in [5.41, 5.74) is 1.02. The van der Waals surface area contributed by atoms with Gasteiger partial charge in [-0.2, -0.15) is 4.98 Å². The van der Waals surface area contributed by atoms with Gasteiger partial charge in [0.15, 0.2) is 5.82 Å². The lowest BCUT2D eigenvalue weighted by molar-refractivity contribution is -0.122. The number of methoxy groups -OCH3 is 1. The predicted molar refractivity (Wildman–Crippen MR) is 92.3 cm³/mol. The number of hydrogen-bond acceptors (Lipinski definition) is 6. The molecule has 0 bridgehead atoms. The van der Waals surface area contributed by atoms with Gasteiger partial charge in [0.05, 0.1) is 13.7 Å². The van der Waals surface area contributed by atoms with Gasteiger partial charge in [0, 0.05) is 25.9 Å². The van der Waals surface area contributed by atoms with E-state index in [1.165, 1.54) is 0 Å². The second-order valence-corrected chi connectivity index (χ2v) is 6.37. The Balaban J connectivity index is 1.48. The van der Waals surface area contributed by atoms with Gasteiger partial charge in [-0.05, 0) is 37.1 Å². The molecule has 1 fully saturated rings. The summed E-state index contributed by atoms with van der Waals surface area (Å²) in [6.45, 7) is 4.38. The van der Waals surface area contributed by atoms with Crippen molar-refractivity contribution in [3.63, 3.8) is 0 Å². The predicted octanol–water partition coefficient (Wildman–Crippen LogP) is 1.88. The van der Waals surface area contributed by atoms with Crippen molar-refractivity contribution < 1.29 is 14.1 Å². The number of nitrogens with one attached hydrogen (secondary N) is 1. The topological polar surface area (TPSA) is 80.5 Å². The molecule has 0 spiro atoms. The van der Waals surface area contributed by atoms with Gasteiger partial charge in [-0.1, -0.05) is 17.3 Å². The number of aromatic nitrogens is 2. The Morgan fingerprint density at radius 2 is 2.36 bits per heavy atom. The van der Waals surface area contributed by atoms with Crippen molar-refractivity contribution in [2.75, 3.05) is 26.7 Å². The molecular weight excluding hydrogens is 320 g/mol. The van der Waals surface area contributed by atoms with Crippen LogP contribution in [-0.2, 0) is 11.3 Å². The maximum Gasteiger partial charge on any atom is 0.234 e. The molecule has 1 aliphatic heterocycles. The molecule has 7 heteroatoms. The molecule has 1 N–H and O–H groups in total.